The molecule has 0 aliphatic rings. The molecule has 1 aromatic heterocycles. The van der Waals surface area contributed by atoms with Crippen LogP contribution in [0.4, 0.5) is 20.2 Å². The third-order valence-corrected chi connectivity index (χ3v) is 2.58. The zero-order valence-corrected chi connectivity index (χ0v) is 9.63. The van der Waals surface area contributed by atoms with Crippen LogP contribution in [0.2, 0.25) is 0 Å². The molecule has 0 saturated carbocycles. The number of nitrogens with zero attached hydrogens (tertiary/aromatic N) is 1. The number of nitrogens with one attached hydrogen (secondary N) is 1. The maximum atomic E-state index is 13.2. The monoisotopic (exact) mass is 284 g/mol. The van der Waals surface area contributed by atoms with Gasteiger partial charge in [0.15, 0.2) is 0 Å². The van der Waals surface area contributed by atoms with E-state index in [-0.39, 0.29) is 5.82 Å². The van der Waals surface area contributed by atoms with Crippen molar-refractivity contribution in [3.63, 3.8) is 0 Å². The first-order valence-electron chi connectivity index (χ1n) is 4.49. The van der Waals surface area contributed by atoms with Crippen molar-refractivity contribution in [1.82, 2.24) is 4.98 Å². The van der Waals surface area contributed by atoms with Crippen LogP contribution >= 0.6 is 15.9 Å². The van der Waals surface area contributed by atoms with Gasteiger partial charge in [-0.25, -0.2) is 9.37 Å². The van der Waals surface area contributed by atoms with E-state index < -0.39 is 5.95 Å². The molecule has 0 aliphatic heterocycles. The van der Waals surface area contributed by atoms with Crippen LogP contribution in [0.3, 0.4) is 0 Å². The van der Waals surface area contributed by atoms with Crippen molar-refractivity contribution in [3.8, 4) is 0 Å². The number of hydrogen-bond donors (Lipinski definition) is 1. The van der Waals surface area contributed by atoms with Crippen LogP contribution < -0.4 is 5.32 Å². The van der Waals surface area contributed by atoms with Gasteiger partial charge in [0.2, 0.25) is 5.95 Å². The van der Waals surface area contributed by atoms with Crippen LogP contribution in [0.1, 0.15) is 0 Å². The molecule has 82 valence electrons. The molecule has 2 aromatic rings. The average Bonchev–Trinajstić information content (AvgIpc) is 2.24. The van der Waals surface area contributed by atoms with Gasteiger partial charge in [-0.3, -0.25) is 0 Å². The summed E-state index contributed by atoms with van der Waals surface area (Å²) >= 11 is 3.05. The molecular formula is C11H7BrF2N2. The first-order chi connectivity index (χ1) is 7.65. The maximum Gasteiger partial charge on any atom is 0.214 e. The fourth-order valence-electron chi connectivity index (χ4n) is 1.22. The predicted molar refractivity (Wildman–Crippen MR) is 61.6 cm³/mol. The Bertz CT molecular complexity index is 517. The molecule has 0 unspecified atom stereocenters. The van der Waals surface area contributed by atoms with Gasteiger partial charge >= 0.3 is 0 Å². The number of rotatable bonds is 2. The highest BCUT2D eigenvalue weighted by atomic mass is 79.9. The molecule has 1 aromatic carbocycles. The molecule has 0 saturated heterocycles. The normalized spacial score (nSPS) is 10.2. The molecule has 2 rings (SSSR count). The second-order valence-electron chi connectivity index (χ2n) is 3.12. The van der Waals surface area contributed by atoms with Crippen molar-refractivity contribution in [3.05, 3.63) is 52.8 Å². The summed E-state index contributed by atoms with van der Waals surface area (Å²) in [5.74, 6) is -0.956. The van der Waals surface area contributed by atoms with E-state index in [1.165, 1.54) is 18.3 Å². The Morgan fingerprint density at radius 2 is 1.81 bits per heavy atom. The highest BCUT2D eigenvalue weighted by Gasteiger charge is 2.01. The fraction of sp³-hybridized carbons (Fsp3) is 0. The minimum atomic E-state index is -0.581. The lowest BCUT2D eigenvalue weighted by Crippen LogP contribution is -1.93. The van der Waals surface area contributed by atoms with Crippen molar-refractivity contribution >= 4 is 27.3 Å². The van der Waals surface area contributed by atoms with Crippen molar-refractivity contribution in [2.75, 3.05) is 5.32 Å². The van der Waals surface area contributed by atoms with Gasteiger partial charge in [0.1, 0.15) is 5.82 Å². The maximum absolute atomic E-state index is 13.2. The van der Waals surface area contributed by atoms with Crippen LogP contribution in [0, 0.1) is 11.8 Å². The smallest absolute Gasteiger partial charge is 0.214 e. The summed E-state index contributed by atoms with van der Waals surface area (Å²) in [4.78, 5) is 3.42. The van der Waals surface area contributed by atoms with Gasteiger partial charge in [0, 0.05) is 23.6 Å². The summed E-state index contributed by atoms with van der Waals surface area (Å²) in [5.41, 5.74) is 1.07. The Labute approximate surface area is 99.5 Å². The molecule has 1 N–H and O–H groups in total. The number of halogens is 3. The highest BCUT2D eigenvalue weighted by Crippen LogP contribution is 2.22. The second kappa shape index (κ2) is 4.57. The van der Waals surface area contributed by atoms with Crippen molar-refractivity contribution < 1.29 is 8.78 Å². The molecular weight excluding hydrogens is 278 g/mol. The van der Waals surface area contributed by atoms with E-state index >= 15 is 0 Å². The van der Waals surface area contributed by atoms with E-state index in [1.54, 1.807) is 18.2 Å². The first kappa shape index (κ1) is 11.0. The quantitative estimate of drug-likeness (QED) is 0.847. The Morgan fingerprint density at radius 3 is 2.50 bits per heavy atom. The van der Waals surface area contributed by atoms with E-state index in [9.17, 15) is 8.78 Å². The zero-order valence-electron chi connectivity index (χ0n) is 8.05. The third kappa shape index (κ3) is 2.55. The molecule has 16 heavy (non-hydrogen) atoms. The lowest BCUT2D eigenvalue weighted by molar-refractivity contribution is 0.584. The molecule has 0 atom stereocenters. The highest BCUT2D eigenvalue weighted by molar-refractivity contribution is 9.10. The number of pyridine rings is 1. The zero-order chi connectivity index (χ0) is 11.5. The fourth-order valence-corrected chi connectivity index (χ4v) is 1.47. The van der Waals surface area contributed by atoms with Gasteiger partial charge in [0.05, 0.1) is 4.47 Å². The van der Waals surface area contributed by atoms with Crippen molar-refractivity contribution in [2.24, 2.45) is 0 Å². The van der Waals surface area contributed by atoms with Crippen LogP contribution in [-0.4, -0.2) is 4.98 Å². The SMILES string of the molecule is Fc1cc(Nc2ccc(Br)c(F)c2)ccn1. The lowest BCUT2D eigenvalue weighted by Gasteiger charge is -2.06. The van der Waals surface area contributed by atoms with Gasteiger partial charge < -0.3 is 5.32 Å². The van der Waals surface area contributed by atoms with Crippen LogP contribution in [0.5, 0.6) is 0 Å². The topological polar surface area (TPSA) is 24.9 Å². The molecule has 0 bridgehead atoms. The van der Waals surface area contributed by atoms with Crippen LogP contribution in [0.15, 0.2) is 41.0 Å². The van der Waals surface area contributed by atoms with Crippen LogP contribution in [0.25, 0.3) is 0 Å². The average molecular weight is 285 g/mol. The Balaban J connectivity index is 2.24. The summed E-state index contributed by atoms with van der Waals surface area (Å²) in [5, 5.41) is 2.87. The van der Waals surface area contributed by atoms with E-state index in [1.807, 2.05) is 0 Å². The number of aromatic nitrogens is 1. The van der Waals surface area contributed by atoms with Crippen molar-refractivity contribution in [1.29, 1.82) is 0 Å². The van der Waals surface area contributed by atoms with Gasteiger partial charge in [-0.1, -0.05) is 0 Å². The molecule has 0 spiro atoms. The molecule has 0 fully saturated rings. The van der Waals surface area contributed by atoms with E-state index in [0.29, 0.717) is 15.8 Å². The standard InChI is InChI=1S/C11H7BrF2N2/c12-9-2-1-7(5-10(9)13)16-8-3-4-15-11(14)6-8/h1-6H,(H,15,16). The molecule has 0 aliphatic carbocycles. The molecule has 0 radical (unpaired) electrons. The minimum Gasteiger partial charge on any atom is -0.355 e. The van der Waals surface area contributed by atoms with Gasteiger partial charge in [-0.2, -0.15) is 4.39 Å². The van der Waals surface area contributed by atoms with E-state index in [0.717, 1.165) is 0 Å². The molecule has 1 heterocycles. The Hall–Kier alpha value is -1.49. The lowest BCUT2D eigenvalue weighted by atomic mass is 10.3. The molecule has 2 nitrogen and oxygen atoms in total. The van der Waals surface area contributed by atoms with Gasteiger partial charge in [0.25, 0.3) is 0 Å². The summed E-state index contributed by atoms with van der Waals surface area (Å²) in [6.07, 6.45) is 1.34. The number of hydrogen-bond acceptors (Lipinski definition) is 2. The second-order valence-corrected chi connectivity index (χ2v) is 3.98. The summed E-state index contributed by atoms with van der Waals surface area (Å²) in [6.45, 7) is 0. The summed E-state index contributed by atoms with van der Waals surface area (Å²) in [7, 11) is 0. The summed E-state index contributed by atoms with van der Waals surface area (Å²) in [6, 6.07) is 7.42. The minimum absolute atomic E-state index is 0.375. The predicted octanol–water partition coefficient (Wildman–Crippen LogP) is 3.87. The summed E-state index contributed by atoms with van der Waals surface area (Å²) < 4.78 is 26.4. The first-order valence-corrected chi connectivity index (χ1v) is 5.28. The molecule has 5 heteroatoms. The number of benzene rings is 1. The molecule has 0 amide bonds. The van der Waals surface area contributed by atoms with E-state index in [4.69, 9.17) is 0 Å². The van der Waals surface area contributed by atoms with Gasteiger partial charge in [-0.05, 0) is 40.2 Å². The van der Waals surface area contributed by atoms with E-state index in [2.05, 4.69) is 26.2 Å². The van der Waals surface area contributed by atoms with Crippen molar-refractivity contribution in [2.45, 2.75) is 0 Å². The Kier molecular flexibility index (Phi) is 3.14. The largest absolute Gasteiger partial charge is 0.355 e. The van der Waals surface area contributed by atoms with Gasteiger partial charge in [-0.15, -0.1) is 0 Å². The Morgan fingerprint density at radius 1 is 1.06 bits per heavy atom. The third-order valence-electron chi connectivity index (χ3n) is 1.93. The van der Waals surface area contributed by atoms with Crippen LogP contribution in [-0.2, 0) is 0 Å². The number of anilines is 2.